The molecule has 0 aliphatic heterocycles. The summed E-state index contributed by atoms with van der Waals surface area (Å²) in [6.07, 6.45) is 0. The highest BCUT2D eigenvalue weighted by Crippen LogP contribution is 2.27. The number of carboxylic acids is 1. The van der Waals surface area contributed by atoms with Gasteiger partial charge < -0.3 is 5.11 Å². The average Bonchev–Trinajstić information content (AvgIpc) is 2.64. The fraction of sp³-hybridized carbons (Fsp3) is 0.167. The predicted octanol–water partition coefficient (Wildman–Crippen LogP) is 3.05. The van der Waals surface area contributed by atoms with Crippen LogP contribution in [0.2, 0.25) is 5.15 Å². The number of hydrogen-bond acceptors (Lipinski definition) is 2. The lowest BCUT2D eigenvalue weighted by atomic mass is 10.0. The summed E-state index contributed by atoms with van der Waals surface area (Å²) >= 11 is 5.76. The van der Waals surface area contributed by atoms with Crippen LogP contribution >= 0.6 is 11.6 Å². The van der Waals surface area contributed by atoms with E-state index in [1.807, 2.05) is 32.0 Å². The molecule has 0 unspecified atom stereocenters. The van der Waals surface area contributed by atoms with Crippen molar-refractivity contribution in [3.05, 3.63) is 40.0 Å². The lowest BCUT2D eigenvalue weighted by molar-refractivity contribution is 0.0698. The molecule has 0 fully saturated rings. The number of benzene rings is 1. The Balaban J connectivity index is 2.60. The normalized spacial score (nSPS) is 10.5. The first-order chi connectivity index (χ1) is 8.00. The molecule has 2 rings (SSSR count). The molecule has 2 aromatic rings. The lowest BCUT2D eigenvalue weighted by Crippen LogP contribution is -1.98. The summed E-state index contributed by atoms with van der Waals surface area (Å²) in [7, 11) is 0. The molecular formula is C12H11ClN2O2. The van der Waals surface area contributed by atoms with Crippen molar-refractivity contribution >= 4 is 17.6 Å². The van der Waals surface area contributed by atoms with Gasteiger partial charge in [-0.1, -0.05) is 23.7 Å². The first-order valence-corrected chi connectivity index (χ1v) is 5.43. The van der Waals surface area contributed by atoms with Crippen LogP contribution in [0, 0.1) is 13.8 Å². The van der Waals surface area contributed by atoms with E-state index < -0.39 is 5.97 Å². The van der Waals surface area contributed by atoms with E-state index in [1.165, 1.54) is 0 Å². The van der Waals surface area contributed by atoms with Gasteiger partial charge in [-0.15, -0.1) is 0 Å². The van der Waals surface area contributed by atoms with Crippen LogP contribution in [0.3, 0.4) is 0 Å². The van der Waals surface area contributed by atoms with Crippen LogP contribution in [0.25, 0.3) is 11.3 Å². The van der Waals surface area contributed by atoms with Crippen LogP contribution in [0.5, 0.6) is 0 Å². The molecule has 0 atom stereocenters. The number of nitrogens with zero attached hydrogens (tertiary/aromatic N) is 1. The number of carbonyl (C=O) groups is 1. The Morgan fingerprint density at radius 3 is 2.65 bits per heavy atom. The third-order valence-corrected chi connectivity index (χ3v) is 2.99. The van der Waals surface area contributed by atoms with Crippen molar-refractivity contribution in [2.75, 3.05) is 0 Å². The van der Waals surface area contributed by atoms with Crippen molar-refractivity contribution in [3.8, 4) is 11.3 Å². The smallest absolute Gasteiger partial charge is 0.341 e. The molecule has 0 aliphatic carbocycles. The molecule has 1 aromatic heterocycles. The van der Waals surface area contributed by atoms with E-state index in [-0.39, 0.29) is 10.7 Å². The molecule has 88 valence electrons. The Kier molecular flexibility index (Phi) is 2.90. The maximum absolute atomic E-state index is 11.1. The fourth-order valence-corrected chi connectivity index (χ4v) is 1.83. The molecule has 0 saturated carbocycles. The van der Waals surface area contributed by atoms with Crippen LogP contribution in [0.4, 0.5) is 0 Å². The van der Waals surface area contributed by atoms with Crippen molar-refractivity contribution in [1.82, 2.24) is 10.2 Å². The van der Waals surface area contributed by atoms with E-state index in [4.69, 9.17) is 16.7 Å². The van der Waals surface area contributed by atoms with Crippen molar-refractivity contribution in [2.24, 2.45) is 0 Å². The fourth-order valence-electron chi connectivity index (χ4n) is 1.61. The number of rotatable bonds is 2. The summed E-state index contributed by atoms with van der Waals surface area (Å²) in [6, 6.07) is 5.66. The molecule has 0 amide bonds. The molecule has 0 aliphatic rings. The third kappa shape index (κ3) is 2.03. The summed E-state index contributed by atoms with van der Waals surface area (Å²) in [4.78, 5) is 11.1. The monoisotopic (exact) mass is 250 g/mol. The van der Waals surface area contributed by atoms with E-state index in [2.05, 4.69) is 10.2 Å². The summed E-state index contributed by atoms with van der Waals surface area (Å²) in [5.41, 5.74) is 3.35. The third-order valence-electron chi connectivity index (χ3n) is 2.72. The number of aromatic amines is 1. The van der Waals surface area contributed by atoms with E-state index in [0.717, 1.165) is 16.7 Å². The molecule has 1 aromatic carbocycles. The van der Waals surface area contributed by atoms with E-state index in [1.54, 1.807) is 0 Å². The van der Waals surface area contributed by atoms with Crippen LogP contribution in [-0.4, -0.2) is 21.3 Å². The zero-order valence-electron chi connectivity index (χ0n) is 9.41. The minimum absolute atomic E-state index is 0.00918. The SMILES string of the molecule is Cc1ccc(-c2n[nH]c(Cl)c2C(=O)O)cc1C. The van der Waals surface area contributed by atoms with E-state index in [9.17, 15) is 4.79 Å². The van der Waals surface area contributed by atoms with E-state index >= 15 is 0 Å². The maximum Gasteiger partial charge on any atom is 0.341 e. The highest BCUT2D eigenvalue weighted by atomic mass is 35.5. The topological polar surface area (TPSA) is 66.0 Å². The second-order valence-electron chi connectivity index (χ2n) is 3.87. The van der Waals surface area contributed by atoms with Gasteiger partial charge in [0.05, 0.1) is 0 Å². The number of nitrogens with one attached hydrogen (secondary N) is 1. The maximum atomic E-state index is 11.1. The predicted molar refractivity (Wildman–Crippen MR) is 65.5 cm³/mol. The van der Waals surface area contributed by atoms with Gasteiger partial charge in [-0.3, -0.25) is 5.10 Å². The Labute approximate surface area is 103 Å². The van der Waals surface area contributed by atoms with E-state index in [0.29, 0.717) is 5.69 Å². The summed E-state index contributed by atoms with van der Waals surface area (Å²) < 4.78 is 0. The van der Waals surface area contributed by atoms with Gasteiger partial charge in [-0.25, -0.2) is 4.79 Å². The molecule has 0 saturated heterocycles. The Hall–Kier alpha value is -1.81. The number of H-pyrrole nitrogens is 1. The molecule has 17 heavy (non-hydrogen) atoms. The molecule has 4 nitrogen and oxygen atoms in total. The summed E-state index contributed by atoms with van der Waals surface area (Å²) in [5.74, 6) is -1.09. The van der Waals surface area contributed by atoms with Gasteiger partial charge in [0.1, 0.15) is 16.4 Å². The van der Waals surface area contributed by atoms with Crippen molar-refractivity contribution in [2.45, 2.75) is 13.8 Å². The summed E-state index contributed by atoms with van der Waals surface area (Å²) in [6.45, 7) is 3.96. The van der Waals surface area contributed by atoms with Crippen LogP contribution in [-0.2, 0) is 0 Å². The van der Waals surface area contributed by atoms with Gasteiger partial charge >= 0.3 is 5.97 Å². The van der Waals surface area contributed by atoms with Gasteiger partial charge in [-0.2, -0.15) is 5.10 Å². The van der Waals surface area contributed by atoms with Crippen LogP contribution < -0.4 is 0 Å². The Morgan fingerprint density at radius 2 is 2.06 bits per heavy atom. The minimum Gasteiger partial charge on any atom is -0.478 e. The minimum atomic E-state index is -1.09. The highest BCUT2D eigenvalue weighted by Gasteiger charge is 2.19. The van der Waals surface area contributed by atoms with Gasteiger partial charge in [0.25, 0.3) is 0 Å². The van der Waals surface area contributed by atoms with Crippen LogP contribution in [0.1, 0.15) is 21.5 Å². The molecule has 2 N–H and O–H groups in total. The largest absolute Gasteiger partial charge is 0.478 e. The lowest BCUT2D eigenvalue weighted by Gasteiger charge is -2.03. The number of aromatic carboxylic acids is 1. The molecular weight excluding hydrogens is 240 g/mol. The summed E-state index contributed by atoms with van der Waals surface area (Å²) in [5, 5.41) is 15.5. The second kappa shape index (κ2) is 4.22. The van der Waals surface area contributed by atoms with Gasteiger partial charge in [-0.05, 0) is 31.0 Å². The Morgan fingerprint density at radius 1 is 1.35 bits per heavy atom. The molecule has 0 radical (unpaired) electrons. The highest BCUT2D eigenvalue weighted by molar-refractivity contribution is 6.33. The number of halogens is 1. The number of aryl methyl sites for hydroxylation is 2. The first-order valence-electron chi connectivity index (χ1n) is 5.05. The van der Waals surface area contributed by atoms with Crippen molar-refractivity contribution < 1.29 is 9.90 Å². The molecule has 1 heterocycles. The quantitative estimate of drug-likeness (QED) is 0.861. The molecule has 5 heteroatoms. The van der Waals surface area contributed by atoms with Crippen molar-refractivity contribution in [3.63, 3.8) is 0 Å². The second-order valence-corrected chi connectivity index (χ2v) is 4.24. The number of aromatic nitrogens is 2. The standard InChI is InChI=1S/C12H11ClN2O2/c1-6-3-4-8(5-7(6)2)10-9(12(16)17)11(13)15-14-10/h3-5H,1-2H3,(H,14,15)(H,16,17). The first kappa shape index (κ1) is 11.7. The molecule has 0 spiro atoms. The van der Waals surface area contributed by atoms with Gasteiger partial charge in [0, 0.05) is 5.56 Å². The van der Waals surface area contributed by atoms with Gasteiger partial charge in [0.15, 0.2) is 0 Å². The Bertz CT molecular complexity index is 590. The number of carboxylic acid groups (broad SMARTS) is 1. The van der Waals surface area contributed by atoms with Crippen molar-refractivity contribution in [1.29, 1.82) is 0 Å². The number of hydrogen-bond donors (Lipinski definition) is 2. The molecule has 0 bridgehead atoms. The average molecular weight is 251 g/mol. The zero-order valence-corrected chi connectivity index (χ0v) is 10.2. The van der Waals surface area contributed by atoms with Crippen LogP contribution in [0.15, 0.2) is 18.2 Å². The zero-order chi connectivity index (χ0) is 12.6. The van der Waals surface area contributed by atoms with Gasteiger partial charge in [0.2, 0.25) is 0 Å².